The van der Waals surface area contributed by atoms with E-state index in [9.17, 15) is 9.90 Å². The van der Waals surface area contributed by atoms with Crippen molar-refractivity contribution in [2.24, 2.45) is 5.92 Å². The molecule has 4 nitrogen and oxygen atoms in total. The van der Waals surface area contributed by atoms with Crippen LogP contribution in [0.25, 0.3) is 0 Å². The molecule has 0 spiro atoms. The molecule has 0 aromatic heterocycles. The van der Waals surface area contributed by atoms with Gasteiger partial charge in [0, 0.05) is 0 Å². The predicted molar refractivity (Wildman–Crippen MR) is 101 cm³/mol. The molecule has 4 heteroatoms. The Morgan fingerprint density at radius 1 is 1.20 bits per heavy atom. The van der Waals surface area contributed by atoms with E-state index >= 15 is 0 Å². The predicted octanol–water partition coefficient (Wildman–Crippen LogP) is 3.73. The molecule has 142 valence electrons. The first-order chi connectivity index (χ1) is 11.8. The molecule has 1 fully saturated rings. The summed E-state index contributed by atoms with van der Waals surface area (Å²) in [4.78, 5) is 12.1. The summed E-state index contributed by atoms with van der Waals surface area (Å²) in [6.45, 7) is 10.0. The van der Waals surface area contributed by atoms with Crippen molar-refractivity contribution in [2.45, 2.75) is 72.0 Å². The van der Waals surface area contributed by atoms with Crippen LogP contribution in [0.4, 0.5) is 0 Å². The topological polar surface area (TPSA) is 70.1 Å². The van der Waals surface area contributed by atoms with Gasteiger partial charge in [0.15, 0.2) is 5.78 Å². The Labute approximate surface area is 152 Å². The second-order valence-corrected chi connectivity index (χ2v) is 7.43. The third kappa shape index (κ3) is 6.89. The summed E-state index contributed by atoms with van der Waals surface area (Å²) in [6.07, 6.45) is 8.66. The third-order valence-electron chi connectivity index (χ3n) is 5.09. The van der Waals surface area contributed by atoms with Crippen molar-refractivity contribution in [2.75, 3.05) is 13.2 Å². The number of aliphatic hydroxyl groups is 2. The first kappa shape index (κ1) is 21.8. The molecule has 0 aromatic rings. The van der Waals surface area contributed by atoms with Gasteiger partial charge in [0.1, 0.15) is 5.60 Å². The van der Waals surface area contributed by atoms with Crippen LogP contribution in [0.2, 0.25) is 0 Å². The summed E-state index contributed by atoms with van der Waals surface area (Å²) in [5.41, 5.74) is 2.51. The molecule has 0 radical (unpaired) electrons. The molecule has 2 atom stereocenters. The maximum atomic E-state index is 12.1. The van der Waals surface area contributed by atoms with E-state index in [4.69, 9.17) is 9.84 Å². The van der Waals surface area contributed by atoms with E-state index in [0.717, 1.165) is 29.6 Å². The molecular weight excluding hydrogens is 316 g/mol. The highest BCUT2D eigenvalue weighted by Crippen LogP contribution is 2.43. The minimum Gasteiger partial charge on any atom is -0.393 e. The van der Waals surface area contributed by atoms with Gasteiger partial charge in [0.05, 0.1) is 19.3 Å². The van der Waals surface area contributed by atoms with Gasteiger partial charge in [-0.15, -0.1) is 0 Å². The van der Waals surface area contributed by atoms with Gasteiger partial charge in [-0.05, 0) is 64.0 Å². The van der Waals surface area contributed by atoms with Gasteiger partial charge in [0.25, 0.3) is 0 Å². The maximum absolute atomic E-state index is 12.1. The zero-order valence-corrected chi connectivity index (χ0v) is 16.3. The Balaban J connectivity index is 2.49. The van der Waals surface area contributed by atoms with Gasteiger partial charge in [-0.2, -0.15) is 0 Å². The molecule has 0 aromatic carbocycles. The summed E-state index contributed by atoms with van der Waals surface area (Å²) in [6, 6.07) is 0. The number of ketones is 1. The van der Waals surface area contributed by atoms with Crippen molar-refractivity contribution < 1.29 is 19.7 Å². The highest BCUT2D eigenvalue weighted by molar-refractivity contribution is 6.03. The SMILES string of the molecule is C/C(=C/CO)CC[C@H]1O[C@@]1(CO)CC/C=C(\C)C(=O)/C=C(\C)C(C)C. The van der Waals surface area contributed by atoms with Crippen LogP contribution in [0.3, 0.4) is 0 Å². The lowest BCUT2D eigenvalue weighted by atomic mass is 9.95. The molecule has 1 rings (SSSR count). The van der Waals surface area contributed by atoms with Gasteiger partial charge in [0.2, 0.25) is 0 Å². The monoisotopic (exact) mass is 350 g/mol. The van der Waals surface area contributed by atoms with E-state index in [1.54, 1.807) is 12.2 Å². The van der Waals surface area contributed by atoms with Gasteiger partial charge in [-0.25, -0.2) is 0 Å². The van der Waals surface area contributed by atoms with Crippen molar-refractivity contribution >= 4 is 5.78 Å². The molecule has 2 N–H and O–H groups in total. The number of hydrogen-bond donors (Lipinski definition) is 2. The van der Waals surface area contributed by atoms with E-state index in [1.165, 1.54) is 0 Å². The number of hydrogen-bond acceptors (Lipinski definition) is 4. The van der Waals surface area contributed by atoms with E-state index in [2.05, 4.69) is 13.8 Å². The Hall–Kier alpha value is -1.23. The van der Waals surface area contributed by atoms with Crippen molar-refractivity contribution in [1.82, 2.24) is 0 Å². The zero-order valence-electron chi connectivity index (χ0n) is 16.3. The van der Waals surface area contributed by atoms with E-state index < -0.39 is 5.60 Å². The molecule has 0 saturated carbocycles. The van der Waals surface area contributed by atoms with Crippen LogP contribution in [0.5, 0.6) is 0 Å². The number of allylic oxidation sites excluding steroid dienone is 5. The molecule has 1 saturated heterocycles. The third-order valence-corrected chi connectivity index (χ3v) is 5.09. The van der Waals surface area contributed by atoms with Crippen molar-refractivity contribution in [3.8, 4) is 0 Å². The number of carbonyl (C=O) groups excluding carboxylic acids is 1. The zero-order chi connectivity index (χ0) is 19.0. The summed E-state index contributed by atoms with van der Waals surface area (Å²) >= 11 is 0. The molecular formula is C21H34O4. The lowest BCUT2D eigenvalue weighted by molar-refractivity contribution is -0.111. The largest absolute Gasteiger partial charge is 0.393 e. The Morgan fingerprint density at radius 2 is 1.88 bits per heavy atom. The van der Waals surface area contributed by atoms with Gasteiger partial charge >= 0.3 is 0 Å². The van der Waals surface area contributed by atoms with E-state index in [0.29, 0.717) is 18.8 Å². The number of rotatable bonds is 11. The normalized spacial score (nSPS) is 24.8. The molecule has 1 heterocycles. The Morgan fingerprint density at radius 3 is 2.44 bits per heavy atom. The van der Waals surface area contributed by atoms with Crippen molar-refractivity contribution in [3.05, 3.63) is 34.9 Å². The van der Waals surface area contributed by atoms with Crippen LogP contribution in [0.1, 0.15) is 60.3 Å². The highest BCUT2D eigenvalue weighted by Gasteiger charge is 2.54. The first-order valence-electron chi connectivity index (χ1n) is 9.20. The van der Waals surface area contributed by atoms with Gasteiger partial charge in [-0.3, -0.25) is 4.79 Å². The van der Waals surface area contributed by atoms with Crippen LogP contribution >= 0.6 is 0 Å². The Bertz CT molecular complexity index is 542. The molecule has 0 bridgehead atoms. The molecule has 0 aliphatic carbocycles. The minimum atomic E-state index is -0.455. The average Bonchev–Trinajstić information content (AvgIpc) is 3.26. The maximum Gasteiger partial charge on any atom is 0.181 e. The smallest absolute Gasteiger partial charge is 0.181 e. The van der Waals surface area contributed by atoms with Crippen molar-refractivity contribution in [3.63, 3.8) is 0 Å². The number of epoxide rings is 1. The van der Waals surface area contributed by atoms with Gasteiger partial charge in [-0.1, -0.05) is 37.1 Å². The van der Waals surface area contributed by atoms with Crippen LogP contribution in [0.15, 0.2) is 34.9 Å². The van der Waals surface area contributed by atoms with Gasteiger partial charge < -0.3 is 14.9 Å². The van der Waals surface area contributed by atoms with Crippen LogP contribution < -0.4 is 0 Å². The molecule has 25 heavy (non-hydrogen) atoms. The highest BCUT2D eigenvalue weighted by atomic mass is 16.6. The van der Waals surface area contributed by atoms with E-state index in [-0.39, 0.29) is 25.1 Å². The van der Waals surface area contributed by atoms with Crippen LogP contribution in [-0.2, 0) is 9.53 Å². The second kappa shape index (κ2) is 10.0. The van der Waals surface area contributed by atoms with Crippen LogP contribution in [-0.4, -0.2) is 40.9 Å². The molecule has 0 unspecified atom stereocenters. The lowest BCUT2D eigenvalue weighted by Gasteiger charge is -2.09. The Kier molecular flexibility index (Phi) is 8.77. The molecule has 0 amide bonds. The fourth-order valence-corrected chi connectivity index (χ4v) is 2.75. The lowest BCUT2D eigenvalue weighted by Crippen LogP contribution is -2.20. The number of carbonyl (C=O) groups is 1. The van der Waals surface area contributed by atoms with Crippen LogP contribution in [0, 0.1) is 5.92 Å². The summed E-state index contributed by atoms with van der Waals surface area (Å²) in [5.74, 6) is 0.431. The quantitative estimate of drug-likeness (QED) is 0.338. The average molecular weight is 350 g/mol. The summed E-state index contributed by atoms with van der Waals surface area (Å²) < 4.78 is 5.75. The molecule has 1 aliphatic heterocycles. The first-order valence-corrected chi connectivity index (χ1v) is 9.20. The fourth-order valence-electron chi connectivity index (χ4n) is 2.75. The van der Waals surface area contributed by atoms with Crippen molar-refractivity contribution in [1.29, 1.82) is 0 Å². The second-order valence-electron chi connectivity index (χ2n) is 7.43. The van der Waals surface area contributed by atoms with E-state index in [1.807, 2.05) is 26.8 Å². The summed E-state index contributed by atoms with van der Waals surface area (Å²) in [5, 5.41) is 18.6. The number of ether oxygens (including phenoxy) is 1. The number of aliphatic hydroxyl groups excluding tert-OH is 2. The molecule has 1 aliphatic rings. The minimum absolute atomic E-state index is 0.00756. The fraction of sp³-hybridized carbons (Fsp3) is 0.667. The summed E-state index contributed by atoms with van der Waals surface area (Å²) in [7, 11) is 0. The standard InChI is InChI=1S/C21H34O4/c1-15(2)18(5)13-19(24)17(4)7-6-11-21(14-23)20(25-21)9-8-16(3)10-12-22/h7,10,13,15,20,22-23H,6,8-9,11-12,14H2,1-5H3/b16-10-,17-7+,18-13+/t20-,21-/m1/s1.